The molecule has 2 rings (SSSR count). The topological polar surface area (TPSA) is 113 Å². The number of benzene rings is 1. The van der Waals surface area contributed by atoms with Crippen LogP contribution in [0.2, 0.25) is 0 Å². The summed E-state index contributed by atoms with van der Waals surface area (Å²) in [6.07, 6.45) is 8.84. The molecule has 2 amide bonds. The monoisotopic (exact) mass is 534 g/mol. The average Bonchev–Trinajstić information content (AvgIpc) is 2.90. The summed E-state index contributed by atoms with van der Waals surface area (Å²) in [5.41, 5.74) is 2.93. The highest BCUT2D eigenvalue weighted by Crippen LogP contribution is 2.42. The van der Waals surface area contributed by atoms with Gasteiger partial charge in [0.25, 0.3) is 0 Å². The van der Waals surface area contributed by atoms with E-state index in [9.17, 15) is 14.7 Å². The van der Waals surface area contributed by atoms with E-state index < -0.39 is 18.0 Å². The van der Waals surface area contributed by atoms with Crippen molar-refractivity contribution in [3.63, 3.8) is 0 Å². The standard InChI is InChI=1S/C27H42N4O5S/c1-6-8-9-16-36-25-22(35-4)18-21(24-23(25)19(7-2)11-14-28-24)31(3)15-10-13-29-27(34)30-20(26(32)33)12-17-37-5/h11,14,18,20H,6-10,12-13,15-17H2,1-5H3,(H,32,33)(H2,29,30,34)/t20-/m0/s1. The van der Waals surface area contributed by atoms with Crippen LogP contribution in [0.5, 0.6) is 11.5 Å². The summed E-state index contributed by atoms with van der Waals surface area (Å²) in [6, 6.07) is 2.63. The number of hydrogen-bond acceptors (Lipinski definition) is 7. The predicted octanol–water partition coefficient (Wildman–Crippen LogP) is 4.71. The van der Waals surface area contributed by atoms with E-state index in [0.29, 0.717) is 44.0 Å². The fraction of sp³-hybridized carbons (Fsp3) is 0.593. The number of aromatic nitrogens is 1. The van der Waals surface area contributed by atoms with Crippen molar-refractivity contribution in [3.05, 3.63) is 23.9 Å². The molecule has 3 N–H and O–H groups in total. The van der Waals surface area contributed by atoms with E-state index in [1.165, 1.54) is 0 Å². The number of pyridine rings is 1. The van der Waals surface area contributed by atoms with Crippen LogP contribution in [0.4, 0.5) is 10.5 Å². The number of fused-ring (bicyclic) bond motifs is 1. The van der Waals surface area contributed by atoms with Gasteiger partial charge in [-0.2, -0.15) is 11.8 Å². The molecule has 0 fully saturated rings. The SMILES string of the molecule is CCCCCOc1c(OC)cc(N(C)CCCNC(=O)N[C@@H](CCSC)C(=O)O)c2nccc(CC)c12. The minimum absolute atomic E-state index is 0.382. The molecule has 0 bridgehead atoms. The summed E-state index contributed by atoms with van der Waals surface area (Å²) < 4.78 is 12.0. The molecule has 1 atom stereocenters. The molecule has 0 saturated carbocycles. The number of thioether (sulfide) groups is 1. The van der Waals surface area contributed by atoms with Gasteiger partial charge in [-0.25, -0.2) is 9.59 Å². The molecule has 0 spiro atoms. The number of ether oxygens (including phenoxy) is 2. The number of carboxylic acids is 1. The number of carboxylic acid groups (broad SMARTS) is 1. The maximum absolute atomic E-state index is 12.2. The second-order valence-electron chi connectivity index (χ2n) is 8.88. The molecule has 0 saturated heterocycles. The number of carbonyl (C=O) groups excluding carboxylic acids is 1. The highest BCUT2D eigenvalue weighted by Gasteiger charge is 2.21. The normalized spacial score (nSPS) is 11.7. The number of nitrogens with one attached hydrogen (secondary N) is 2. The van der Waals surface area contributed by atoms with E-state index in [-0.39, 0.29) is 0 Å². The number of methoxy groups -OCH3 is 1. The van der Waals surface area contributed by atoms with Gasteiger partial charge in [0.1, 0.15) is 6.04 Å². The van der Waals surface area contributed by atoms with Crippen LogP contribution in [-0.2, 0) is 11.2 Å². The first-order valence-electron chi connectivity index (χ1n) is 13.0. The third kappa shape index (κ3) is 8.87. The van der Waals surface area contributed by atoms with Crippen molar-refractivity contribution in [1.29, 1.82) is 0 Å². The van der Waals surface area contributed by atoms with Crippen molar-refractivity contribution >= 4 is 40.4 Å². The van der Waals surface area contributed by atoms with Crippen LogP contribution in [0.1, 0.15) is 51.5 Å². The Labute approximate surface area is 224 Å². The molecular formula is C27H42N4O5S. The van der Waals surface area contributed by atoms with Gasteiger partial charge in [-0.3, -0.25) is 4.98 Å². The Morgan fingerprint density at radius 2 is 2.03 bits per heavy atom. The van der Waals surface area contributed by atoms with Gasteiger partial charge in [0, 0.05) is 32.4 Å². The number of hydrogen-bond donors (Lipinski definition) is 3. The minimum Gasteiger partial charge on any atom is -0.493 e. The average molecular weight is 535 g/mol. The number of aliphatic carboxylic acids is 1. The number of urea groups is 1. The largest absolute Gasteiger partial charge is 0.493 e. The van der Waals surface area contributed by atoms with Crippen molar-refractivity contribution in [2.24, 2.45) is 0 Å². The fourth-order valence-corrected chi connectivity index (χ4v) is 4.55. The quantitative estimate of drug-likeness (QED) is 0.250. The van der Waals surface area contributed by atoms with Crippen molar-refractivity contribution in [3.8, 4) is 11.5 Å². The maximum atomic E-state index is 12.2. The maximum Gasteiger partial charge on any atom is 0.326 e. The molecule has 10 heteroatoms. The second-order valence-corrected chi connectivity index (χ2v) is 9.86. The number of amides is 2. The van der Waals surface area contributed by atoms with Gasteiger partial charge in [-0.15, -0.1) is 0 Å². The Hall–Kier alpha value is -2.88. The molecule has 0 aliphatic rings. The van der Waals surface area contributed by atoms with Crippen LogP contribution in [0.25, 0.3) is 10.9 Å². The van der Waals surface area contributed by atoms with Crippen molar-refractivity contribution in [1.82, 2.24) is 15.6 Å². The zero-order chi connectivity index (χ0) is 27.2. The molecule has 9 nitrogen and oxygen atoms in total. The van der Waals surface area contributed by atoms with Crippen LogP contribution in [0, 0.1) is 0 Å². The summed E-state index contributed by atoms with van der Waals surface area (Å²) in [5.74, 6) is 1.05. The summed E-state index contributed by atoms with van der Waals surface area (Å²) in [6.45, 7) is 5.97. The molecule has 0 unspecified atom stereocenters. The highest BCUT2D eigenvalue weighted by molar-refractivity contribution is 7.98. The van der Waals surface area contributed by atoms with E-state index in [2.05, 4.69) is 29.4 Å². The number of unbranched alkanes of at least 4 members (excludes halogenated alkanes) is 2. The van der Waals surface area contributed by atoms with E-state index in [0.717, 1.165) is 53.6 Å². The molecule has 206 valence electrons. The Bertz CT molecular complexity index is 1020. The first-order chi connectivity index (χ1) is 17.9. The number of carbonyl (C=O) groups is 2. The summed E-state index contributed by atoms with van der Waals surface area (Å²) in [5, 5.41) is 15.6. The lowest BCUT2D eigenvalue weighted by atomic mass is 10.0. The molecule has 1 aromatic heterocycles. The smallest absolute Gasteiger partial charge is 0.326 e. The van der Waals surface area contributed by atoms with Crippen molar-refractivity contribution in [2.75, 3.05) is 50.8 Å². The summed E-state index contributed by atoms with van der Waals surface area (Å²) in [4.78, 5) is 30.3. The Balaban J connectivity index is 2.11. The fourth-order valence-electron chi connectivity index (χ4n) is 4.08. The van der Waals surface area contributed by atoms with Crippen LogP contribution < -0.4 is 25.0 Å². The molecule has 0 aliphatic heterocycles. The highest BCUT2D eigenvalue weighted by atomic mass is 32.2. The van der Waals surface area contributed by atoms with Crippen LogP contribution in [-0.4, -0.2) is 74.0 Å². The Morgan fingerprint density at radius 1 is 1.24 bits per heavy atom. The number of aryl methyl sites for hydroxylation is 1. The summed E-state index contributed by atoms with van der Waals surface area (Å²) >= 11 is 1.55. The molecule has 2 aromatic rings. The van der Waals surface area contributed by atoms with Crippen LogP contribution in [0.3, 0.4) is 0 Å². The minimum atomic E-state index is -1.03. The van der Waals surface area contributed by atoms with Gasteiger partial charge >= 0.3 is 12.0 Å². The predicted molar refractivity (Wildman–Crippen MR) is 152 cm³/mol. The van der Waals surface area contributed by atoms with Gasteiger partial charge < -0.3 is 30.1 Å². The number of nitrogens with zero attached hydrogens (tertiary/aromatic N) is 2. The van der Waals surface area contributed by atoms with Gasteiger partial charge in [0.05, 0.1) is 30.3 Å². The van der Waals surface area contributed by atoms with Crippen molar-refractivity contribution < 1.29 is 24.2 Å². The third-order valence-electron chi connectivity index (χ3n) is 6.17. The number of anilines is 1. The third-order valence-corrected chi connectivity index (χ3v) is 6.82. The van der Waals surface area contributed by atoms with E-state index in [1.54, 1.807) is 18.9 Å². The second kappa shape index (κ2) is 16.1. The number of rotatable bonds is 17. The lowest BCUT2D eigenvalue weighted by Crippen LogP contribution is -2.46. The Kier molecular flexibility index (Phi) is 13.2. The molecule has 0 aliphatic carbocycles. The lowest BCUT2D eigenvalue weighted by molar-refractivity contribution is -0.139. The summed E-state index contributed by atoms with van der Waals surface area (Å²) in [7, 11) is 3.64. The first-order valence-corrected chi connectivity index (χ1v) is 14.4. The van der Waals surface area contributed by atoms with E-state index >= 15 is 0 Å². The lowest BCUT2D eigenvalue weighted by Gasteiger charge is -2.24. The van der Waals surface area contributed by atoms with Crippen LogP contribution >= 0.6 is 11.8 Å². The van der Waals surface area contributed by atoms with E-state index in [4.69, 9.17) is 14.5 Å². The Morgan fingerprint density at radius 3 is 2.68 bits per heavy atom. The van der Waals surface area contributed by atoms with Gasteiger partial charge in [0.15, 0.2) is 11.5 Å². The molecule has 1 heterocycles. The molecule has 37 heavy (non-hydrogen) atoms. The zero-order valence-corrected chi connectivity index (χ0v) is 23.6. The molecule has 1 aromatic carbocycles. The van der Waals surface area contributed by atoms with Crippen LogP contribution in [0.15, 0.2) is 18.3 Å². The van der Waals surface area contributed by atoms with Crippen molar-refractivity contribution in [2.45, 2.75) is 58.4 Å². The van der Waals surface area contributed by atoms with Gasteiger partial charge in [-0.05, 0) is 49.3 Å². The first kappa shape index (κ1) is 30.3. The van der Waals surface area contributed by atoms with Gasteiger partial charge in [0.2, 0.25) is 0 Å². The zero-order valence-electron chi connectivity index (χ0n) is 22.8. The molecular weight excluding hydrogens is 492 g/mol. The van der Waals surface area contributed by atoms with Gasteiger partial charge in [-0.1, -0.05) is 26.7 Å². The van der Waals surface area contributed by atoms with E-state index in [1.807, 2.05) is 31.6 Å². The molecule has 0 radical (unpaired) electrons.